The summed E-state index contributed by atoms with van der Waals surface area (Å²) in [5.41, 5.74) is 13.8. The number of ether oxygens (including phenoxy) is 1. The topological polar surface area (TPSA) is 180 Å². The van der Waals surface area contributed by atoms with Gasteiger partial charge in [-0.1, -0.05) is 43.2 Å². The zero-order valence-corrected chi connectivity index (χ0v) is 36.1. The van der Waals surface area contributed by atoms with Gasteiger partial charge in [0.2, 0.25) is 0 Å². The summed E-state index contributed by atoms with van der Waals surface area (Å²) in [5.74, 6) is -0.362. The number of primary amides is 1. The Labute approximate surface area is 360 Å². The van der Waals surface area contributed by atoms with Crippen LogP contribution in [-0.4, -0.2) is 110 Å². The van der Waals surface area contributed by atoms with E-state index in [9.17, 15) is 14.9 Å². The lowest BCUT2D eigenvalue weighted by Gasteiger charge is -2.43. The molecule has 2 saturated heterocycles. The summed E-state index contributed by atoms with van der Waals surface area (Å²) in [6.07, 6.45) is 6.11. The number of hydrogen-bond acceptors (Lipinski definition) is 11. The van der Waals surface area contributed by atoms with Gasteiger partial charge in [0.25, 0.3) is 11.6 Å². The Kier molecular flexibility index (Phi) is 11.7. The third-order valence-electron chi connectivity index (χ3n) is 12.4. The summed E-state index contributed by atoms with van der Waals surface area (Å²) in [6, 6.07) is 20.2. The number of benzene rings is 3. The molecule has 0 spiro atoms. The van der Waals surface area contributed by atoms with Gasteiger partial charge in [-0.05, 0) is 85.3 Å². The van der Waals surface area contributed by atoms with Crippen molar-refractivity contribution in [3.05, 3.63) is 117 Å². The van der Waals surface area contributed by atoms with Crippen LogP contribution in [-0.2, 0) is 10.0 Å². The number of pyridine rings is 1. The van der Waals surface area contributed by atoms with Crippen molar-refractivity contribution in [3.8, 4) is 11.5 Å². The molecule has 5 aromatic rings. The van der Waals surface area contributed by atoms with E-state index < -0.39 is 24.7 Å². The first kappa shape index (κ1) is 42.3. The molecule has 0 saturated carbocycles. The Morgan fingerprint density at radius 3 is 2.46 bits per heavy atom. The Morgan fingerprint density at radius 1 is 1.02 bits per heavy atom. The van der Waals surface area contributed by atoms with Crippen molar-refractivity contribution in [2.24, 2.45) is 11.1 Å². The fourth-order valence-electron chi connectivity index (χ4n) is 8.72. The molecule has 0 unspecified atom stereocenters. The van der Waals surface area contributed by atoms with Crippen LogP contribution < -0.4 is 19.8 Å². The maximum atomic E-state index is 15.4. The van der Waals surface area contributed by atoms with E-state index in [2.05, 4.69) is 51.2 Å². The lowest BCUT2D eigenvalue weighted by Crippen LogP contribution is -2.63. The highest BCUT2D eigenvalue weighted by atomic mass is 35.5. The van der Waals surface area contributed by atoms with Crippen LogP contribution in [0.25, 0.3) is 16.6 Å². The summed E-state index contributed by atoms with van der Waals surface area (Å²) in [7, 11) is -2.40. The Morgan fingerprint density at radius 2 is 1.75 bits per heavy atom. The van der Waals surface area contributed by atoms with Crippen molar-refractivity contribution in [2.45, 2.75) is 38.0 Å². The predicted octanol–water partition coefficient (Wildman–Crippen LogP) is 7.27. The minimum Gasteiger partial charge on any atom is -0.455 e. The lowest BCUT2D eigenvalue weighted by atomic mass is 9.72. The number of carbonyl (C=O) groups excluding carboxylic acids is 1. The first-order chi connectivity index (χ1) is 29.1. The number of anilines is 1. The number of likely N-dealkylation sites (N-methyl/N-ethyl adjacent to an activating group) is 1. The molecule has 4 heterocycles. The molecule has 0 bridgehead atoms. The number of nitro benzene ring substituents is 1. The van der Waals surface area contributed by atoms with Crippen LogP contribution in [0.3, 0.4) is 0 Å². The van der Waals surface area contributed by atoms with Crippen LogP contribution in [0.4, 0.5) is 17.1 Å². The summed E-state index contributed by atoms with van der Waals surface area (Å²) < 4.78 is 36.5. The zero-order valence-electron chi connectivity index (χ0n) is 34.6. The van der Waals surface area contributed by atoms with Gasteiger partial charge in [-0.2, -0.15) is 12.3 Å². The van der Waals surface area contributed by atoms with E-state index in [4.69, 9.17) is 22.1 Å². The van der Waals surface area contributed by atoms with Gasteiger partial charge in [0, 0.05) is 80.6 Å². The van der Waals surface area contributed by atoms with Gasteiger partial charge in [-0.3, -0.25) is 19.8 Å². The summed E-state index contributed by atoms with van der Waals surface area (Å²) >= 11 is 6.27. The van der Waals surface area contributed by atoms with Gasteiger partial charge in [0.1, 0.15) is 40.8 Å². The number of nitrogens with two attached hydrogens (primary N) is 1. The van der Waals surface area contributed by atoms with Crippen LogP contribution in [0.5, 0.6) is 11.5 Å². The number of quaternary nitrogens is 1. The quantitative estimate of drug-likeness (QED) is 0.0653. The number of aromatic amines is 1. The average Bonchev–Trinajstić information content (AvgIpc) is 3.71. The Hall–Kier alpha value is -5.36. The van der Waals surface area contributed by atoms with E-state index in [1.807, 2.05) is 30.3 Å². The number of piperazine rings is 2. The Balaban J connectivity index is 1.17. The van der Waals surface area contributed by atoms with Crippen LogP contribution >= 0.6 is 11.6 Å². The molecule has 17 heteroatoms. The highest BCUT2D eigenvalue weighted by Crippen LogP contribution is 2.45. The van der Waals surface area contributed by atoms with E-state index >= 15 is 8.42 Å². The van der Waals surface area contributed by atoms with Gasteiger partial charge in [-0.15, -0.1) is 0 Å². The molecule has 61 heavy (non-hydrogen) atoms. The molecular weight excluding hydrogens is 818 g/mol. The number of H-pyrrole nitrogens is 1. The molecule has 15 nitrogen and oxygen atoms in total. The standard InChI is InChI=1S/C44H50ClN9O6S/c1-44(2)14-12-32(38(27-44)30-4-6-33(45)7-5-30)29-51-20-22-54(23-21-51,34-8-10-37(42(46)55)41(25-34)60-35-24-31-13-15-47-43(31)48-28-35)61(58,59)36-9-11-39(40(26-36)53(56)57)49-52-18-16-50(3)17-19-52/h4-11,13,15,24-26,28,49H,12,14,16-23,27,29H2,1-3H3,(H2-,46,47,48,55)/p+1. The molecule has 2 aromatic heterocycles. The molecule has 0 radical (unpaired) electrons. The molecule has 1 aliphatic carbocycles. The fourth-order valence-corrected chi connectivity index (χ4v) is 10.8. The molecule has 4 N–H and O–H groups in total. The number of amides is 1. The van der Waals surface area contributed by atoms with Crippen LogP contribution in [0.2, 0.25) is 5.02 Å². The number of sulfonamides is 1. The lowest BCUT2D eigenvalue weighted by molar-refractivity contribution is -0.384. The number of fused-ring (bicyclic) bond motifs is 1. The summed E-state index contributed by atoms with van der Waals surface area (Å²) in [4.78, 5) is 36.5. The molecule has 3 aromatic carbocycles. The SMILES string of the molecule is CN1CCN(Nc2ccc(S(=O)(=O)[N+]3(c4ccc(C(N)=O)c(Oc5cnc6[nH]ccc6c5)c4)CCN(CC4=C(c5ccc(Cl)cc5)CC(C)(C)CC4)CC3)cc2[N+](=O)[O-])CC1. The number of nitrogens with one attached hydrogen (secondary N) is 2. The summed E-state index contributed by atoms with van der Waals surface area (Å²) in [6.45, 7) is 9.08. The van der Waals surface area contributed by atoms with Crippen molar-refractivity contribution in [2.75, 3.05) is 71.4 Å². The normalized spacial score (nSPS) is 18.9. The van der Waals surface area contributed by atoms with Gasteiger partial charge in [0.15, 0.2) is 5.69 Å². The highest BCUT2D eigenvalue weighted by molar-refractivity contribution is 7.91. The Bertz CT molecular complexity index is 2620. The predicted molar refractivity (Wildman–Crippen MR) is 238 cm³/mol. The van der Waals surface area contributed by atoms with Crippen molar-refractivity contribution < 1.29 is 22.9 Å². The number of hydrazine groups is 1. The largest absolute Gasteiger partial charge is 0.455 e. The number of hydrogen-bond donors (Lipinski definition) is 3. The molecule has 320 valence electrons. The third-order valence-corrected chi connectivity index (χ3v) is 15.0. The summed E-state index contributed by atoms with van der Waals surface area (Å²) in [5, 5.41) is 15.9. The van der Waals surface area contributed by atoms with E-state index in [0.29, 0.717) is 54.8 Å². The first-order valence-electron chi connectivity index (χ1n) is 20.5. The number of halogens is 1. The highest BCUT2D eigenvalue weighted by Gasteiger charge is 2.49. The monoisotopic (exact) mass is 868 g/mol. The fraction of sp³-hybridized carbons (Fsp3) is 0.364. The second-order valence-corrected chi connectivity index (χ2v) is 19.6. The average molecular weight is 869 g/mol. The number of nitro groups is 1. The second-order valence-electron chi connectivity index (χ2n) is 17.1. The van der Waals surface area contributed by atoms with E-state index in [1.54, 1.807) is 24.4 Å². The number of rotatable bonds is 12. The molecule has 3 aliphatic rings. The van der Waals surface area contributed by atoms with Crippen LogP contribution in [0.1, 0.15) is 49.0 Å². The van der Waals surface area contributed by atoms with Crippen molar-refractivity contribution in [1.29, 1.82) is 0 Å². The molecule has 1 amide bonds. The van der Waals surface area contributed by atoms with Crippen molar-refractivity contribution in [3.63, 3.8) is 0 Å². The molecule has 2 aliphatic heterocycles. The van der Waals surface area contributed by atoms with Gasteiger partial charge >= 0.3 is 10.0 Å². The number of aromatic nitrogens is 2. The maximum Gasteiger partial charge on any atom is 0.332 e. The van der Waals surface area contributed by atoms with E-state index in [-0.39, 0.29) is 46.1 Å². The third kappa shape index (κ3) is 8.74. The second kappa shape index (κ2) is 16.8. The zero-order chi connectivity index (χ0) is 43.1. The number of carbonyl (C=O) groups is 1. The van der Waals surface area contributed by atoms with Crippen molar-refractivity contribution >= 4 is 61.2 Å². The van der Waals surface area contributed by atoms with Crippen LogP contribution in [0.15, 0.2) is 95.7 Å². The minimum absolute atomic E-state index is 0.0592. The molecule has 0 atom stereocenters. The number of nitrogens with zero attached hydrogens (tertiary/aromatic N) is 6. The molecule has 2 fully saturated rings. The smallest absolute Gasteiger partial charge is 0.332 e. The minimum atomic E-state index is -4.42. The van der Waals surface area contributed by atoms with Crippen molar-refractivity contribution in [1.82, 2.24) is 28.7 Å². The number of allylic oxidation sites excluding steroid dienone is 1. The van der Waals surface area contributed by atoms with Gasteiger partial charge in [-0.25, -0.2) is 9.99 Å². The molecular formula is C44H51ClN9O6S+. The van der Waals surface area contributed by atoms with E-state index in [0.717, 1.165) is 49.4 Å². The molecule has 8 rings (SSSR count). The van der Waals surface area contributed by atoms with Gasteiger partial charge < -0.3 is 25.8 Å². The maximum absolute atomic E-state index is 15.4. The van der Waals surface area contributed by atoms with E-state index in [1.165, 1.54) is 35.5 Å². The van der Waals surface area contributed by atoms with Gasteiger partial charge in [0.05, 0.1) is 16.7 Å². The first-order valence-corrected chi connectivity index (χ1v) is 22.3. The van der Waals surface area contributed by atoms with Crippen LogP contribution in [0, 0.1) is 15.5 Å².